The lowest BCUT2D eigenvalue weighted by molar-refractivity contribution is -0.135. The Bertz CT molecular complexity index is 148. The van der Waals surface area contributed by atoms with Crippen molar-refractivity contribution in [3.05, 3.63) is 0 Å². The Morgan fingerprint density at radius 2 is 1.53 bits per heavy atom. The molecule has 1 nitrogen and oxygen atoms in total. The molecule has 8 heteroatoms. The van der Waals surface area contributed by atoms with Crippen molar-refractivity contribution in [2.75, 3.05) is 18.8 Å². The largest absolute Gasteiger partial charge is 0.441 e. The fraction of sp³-hybridized carbons (Fsp3) is 1.00. The predicted molar refractivity (Wildman–Crippen MR) is 46.7 cm³/mol. The van der Waals surface area contributed by atoms with Crippen molar-refractivity contribution >= 4 is 11.8 Å². The van der Waals surface area contributed by atoms with Gasteiger partial charge in [-0.05, 0) is 24.7 Å². The number of nitrogens with one attached hydrogen (secondary N) is 1. The zero-order valence-corrected chi connectivity index (χ0v) is 8.53. The van der Waals surface area contributed by atoms with E-state index in [1.54, 1.807) is 0 Å². The summed E-state index contributed by atoms with van der Waals surface area (Å²) >= 11 is -0.188. The summed E-state index contributed by atoms with van der Waals surface area (Å²) in [6.07, 6.45) is -5.21. The van der Waals surface area contributed by atoms with E-state index in [1.165, 1.54) is 0 Å². The van der Waals surface area contributed by atoms with Crippen LogP contribution in [0.15, 0.2) is 0 Å². The van der Waals surface area contributed by atoms with Crippen molar-refractivity contribution in [3.63, 3.8) is 0 Å². The maximum Gasteiger partial charge on any atom is 0.441 e. The van der Waals surface area contributed by atoms with Crippen LogP contribution in [0.4, 0.5) is 26.3 Å². The first-order valence-electron chi connectivity index (χ1n) is 4.19. The van der Waals surface area contributed by atoms with E-state index >= 15 is 0 Å². The highest BCUT2D eigenvalue weighted by Gasteiger charge is 2.27. The Balaban J connectivity index is 3.20. The standard InChI is InChI=1S/C7H11F6NS/c8-6(9,10)2-1-3-14-4-5-15-7(11,12)13/h14H,1-5H2. The van der Waals surface area contributed by atoms with E-state index in [1.807, 2.05) is 0 Å². The predicted octanol–water partition coefficient (Wildman–Crippen LogP) is 3.17. The van der Waals surface area contributed by atoms with Crippen molar-refractivity contribution in [1.29, 1.82) is 0 Å². The van der Waals surface area contributed by atoms with Crippen molar-refractivity contribution in [2.24, 2.45) is 0 Å². The lowest BCUT2D eigenvalue weighted by Crippen LogP contribution is -2.21. The van der Waals surface area contributed by atoms with E-state index in [4.69, 9.17) is 0 Å². The van der Waals surface area contributed by atoms with Crippen LogP contribution in [0.25, 0.3) is 0 Å². The average molecular weight is 255 g/mol. The Hall–Kier alpha value is -0.110. The van der Waals surface area contributed by atoms with Gasteiger partial charge in [-0.1, -0.05) is 0 Å². The maximum absolute atomic E-state index is 11.6. The summed E-state index contributed by atoms with van der Waals surface area (Å²) in [4.78, 5) is 0. The highest BCUT2D eigenvalue weighted by molar-refractivity contribution is 8.00. The number of rotatable bonds is 6. The van der Waals surface area contributed by atoms with Gasteiger partial charge in [-0.15, -0.1) is 0 Å². The third-order valence-corrected chi connectivity index (χ3v) is 2.09. The molecule has 0 fully saturated rings. The molecule has 0 aliphatic carbocycles. The molecule has 0 aliphatic rings. The second kappa shape index (κ2) is 6.47. The molecule has 15 heavy (non-hydrogen) atoms. The van der Waals surface area contributed by atoms with Crippen molar-refractivity contribution in [3.8, 4) is 0 Å². The van der Waals surface area contributed by atoms with Gasteiger partial charge in [0.15, 0.2) is 0 Å². The van der Waals surface area contributed by atoms with Gasteiger partial charge in [0.25, 0.3) is 0 Å². The highest BCUT2D eigenvalue weighted by atomic mass is 32.2. The molecule has 0 spiro atoms. The van der Waals surface area contributed by atoms with Gasteiger partial charge in [0.1, 0.15) is 0 Å². The summed E-state index contributed by atoms with van der Waals surface area (Å²) in [5.74, 6) is -0.185. The smallest absolute Gasteiger partial charge is 0.316 e. The molecule has 0 saturated heterocycles. The minimum absolute atomic E-state index is 0.0576. The van der Waals surface area contributed by atoms with Crippen molar-refractivity contribution < 1.29 is 26.3 Å². The summed E-state index contributed by atoms with van der Waals surface area (Å²) in [6.45, 7) is 0.139. The molecule has 0 aromatic carbocycles. The van der Waals surface area contributed by atoms with Crippen molar-refractivity contribution in [2.45, 2.75) is 24.5 Å². The minimum atomic E-state index is -4.27. The summed E-state index contributed by atoms with van der Waals surface area (Å²) < 4.78 is 69.5. The third-order valence-electron chi connectivity index (χ3n) is 1.36. The molecule has 0 bridgehead atoms. The van der Waals surface area contributed by atoms with Crippen molar-refractivity contribution in [1.82, 2.24) is 5.32 Å². The van der Waals surface area contributed by atoms with Gasteiger partial charge in [-0.2, -0.15) is 26.3 Å². The third kappa shape index (κ3) is 13.9. The van der Waals surface area contributed by atoms with Crippen LogP contribution in [0.5, 0.6) is 0 Å². The van der Waals surface area contributed by atoms with Gasteiger partial charge in [0.2, 0.25) is 0 Å². The molecule has 0 atom stereocenters. The molecule has 0 aromatic rings. The van der Waals surface area contributed by atoms with Crippen LogP contribution in [0.1, 0.15) is 12.8 Å². The second-order valence-corrected chi connectivity index (χ2v) is 3.92. The quantitative estimate of drug-likeness (QED) is 0.578. The molecule has 0 unspecified atom stereocenters. The number of thioether (sulfide) groups is 1. The summed E-state index contributed by atoms with van der Waals surface area (Å²) in [5.41, 5.74) is -4.27. The van der Waals surface area contributed by atoms with Crippen LogP contribution in [-0.4, -0.2) is 30.5 Å². The normalized spacial score (nSPS) is 13.2. The zero-order valence-electron chi connectivity index (χ0n) is 7.71. The molecule has 0 radical (unpaired) electrons. The fourth-order valence-corrected chi connectivity index (χ4v) is 1.26. The Kier molecular flexibility index (Phi) is 6.42. The zero-order chi connectivity index (χ0) is 11.9. The number of hydrogen-bond acceptors (Lipinski definition) is 2. The fourth-order valence-electron chi connectivity index (χ4n) is 0.778. The van der Waals surface area contributed by atoms with Gasteiger partial charge in [-0.3, -0.25) is 0 Å². The molecule has 92 valence electrons. The minimum Gasteiger partial charge on any atom is -0.316 e. The molecule has 0 aromatic heterocycles. The molecule has 0 saturated carbocycles. The van der Waals surface area contributed by atoms with Crippen LogP contribution < -0.4 is 5.32 Å². The Morgan fingerprint density at radius 1 is 0.933 bits per heavy atom. The van der Waals surface area contributed by atoms with E-state index in [-0.39, 0.29) is 37.0 Å². The highest BCUT2D eigenvalue weighted by Crippen LogP contribution is 2.29. The van der Waals surface area contributed by atoms with Crippen LogP contribution in [-0.2, 0) is 0 Å². The van der Waals surface area contributed by atoms with Crippen LogP contribution in [0, 0.1) is 0 Å². The molecular weight excluding hydrogens is 244 g/mol. The molecule has 0 heterocycles. The number of halogens is 6. The van der Waals surface area contributed by atoms with Crippen LogP contribution >= 0.6 is 11.8 Å². The molecular formula is C7H11F6NS. The first kappa shape index (κ1) is 14.9. The summed E-state index contributed by atoms with van der Waals surface area (Å²) in [5, 5.41) is 2.51. The SMILES string of the molecule is FC(F)(F)CCCNCCSC(F)(F)F. The lowest BCUT2D eigenvalue weighted by Gasteiger charge is -2.08. The summed E-state index contributed by atoms with van der Waals surface area (Å²) in [6, 6.07) is 0. The maximum atomic E-state index is 11.6. The molecule has 0 rings (SSSR count). The Labute approximate surface area is 87.6 Å². The number of alkyl halides is 6. The monoisotopic (exact) mass is 255 g/mol. The van der Waals surface area contributed by atoms with Gasteiger partial charge >= 0.3 is 11.7 Å². The average Bonchev–Trinajstić information content (AvgIpc) is 1.98. The van der Waals surface area contributed by atoms with E-state index in [9.17, 15) is 26.3 Å². The molecule has 0 aliphatic heterocycles. The first-order valence-corrected chi connectivity index (χ1v) is 5.17. The van der Waals surface area contributed by atoms with E-state index < -0.39 is 18.1 Å². The lowest BCUT2D eigenvalue weighted by atomic mass is 10.3. The van der Waals surface area contributed by atoms with Gasteiger partial charge in [0, 0.05) is 18.7 Å². The van der Waals surface area contributed by atoms with E-state index in [0.717, 1.165) is 0 Å². The van der Waals surface area contributed by atoms with Gasteiger partial charge in [-0.25, -0.2) is 0 Å². The van der Waals surface area contributed by atoms with Gasteiger partial charge in [0.05, 0.1) is 0 Å². The number of hydrogen-bond donors (Lipinski definition) is 1. The van der Waals surface area contributed by atoms with E-state index in [0.29, 0.717) is 0 Å². The molecule has 1 N–H and O–H groups in total. The topological polar surface area (TPSA) is 12.0 Å². The Morgan fingerprint density at radius 3 is 2.00 bits per heavy atom. The van der Waals surface area contributed by atoms with Crippen LogP contribution in [0.2, 0.25) is 0 Å². The summed E-state index contributed by atoms with van der Waals surface area (Å²) in [7, 11) is 0. The second-order valence-electron chi connectivity index (χ2n) is 2.76. The van der Waals surface area contributed by atoms with E-state index in [2.05, 4.69) is 5.32 Å². The first-order chi connectivity index (χ1) is 6.71. The van der Waals surface area contributed by atoms with Gasteiger partial charge < -0.3 is 5.32 Å². The van der Waals surface area contributed by atoms with Crippen LogP contribution in [0.3, 0.4) is 0 Å². The molecule has 0 amide bonds.